The van der Waals surface area contributed by atoms with Gasteiger partial charge in [-0.05, 0) is 18.2 Å². The molecule has 5 heteroatoms. The molecule has 1 amide bonds. The maximum Gasteiger partial charge on any atom is 0.270 e. The Morgan fingerprint density at radius 3 is 3.33 bits per heavy atom. The number of nitrogens with zero attached hydrogens (tertiary/aromatic N) is 2. The molecule has 1 aliphatic heterocycles. The van der Waals surface area contributed by atoms with E-state index in [0.29, 0.717) is 12.2 Å². The lowest BCUT2D eigenvalue weighted by atomic mass is 10.2. The molecule has 1 aliphatic rings. The molecular weight excluding hydrogens is 258 g/mol. The van der Waals surface area contributed by atoms with Crippen LogP contribution in [-0.2, 0) is 6.54 Å². The predicted molar refractivity (Wildman–Crippen MR) is 59.8 cm³/mol. The Balaban J connectivity index is 2.30. The van der Waals surface area contributed by atoms with Gasteiger partial charge in [0.2, 0.25) is 0 Å². The number of amides is 1. The fourth-order valence-corrected chi connectivity index (χ4v) is 2.12. The lowest BCUT2D eigenvalue weighted by molar-refractivity contribution is 0.0926. The molecule has 1 unspecified atom stereocenters. The zero-order valence-corrected chi connectivity index (χ0v) is 9.28. The van der Waals surface area contributed by atoms with Crippen LogP contribution in [0.1, 0.15) is 11.9 Å². The molecule has 0 aliphatic carbocycles. The summed E-state index contributed by atoms with van der Waals surface area (Å²) in [4.78, 5) is 11.8. The van der Waals surface area contributed by atoms with Gasteiger partial charge in [0.1, 0.15) is 5.69 Å². The fourth-order valence-electron chi connectivity index (χ4n) is 1.77. The van der Waals surface area contributed by atoms with Crippen molar-refractivity contribution in [1.29, 1.82) is 0 Å². The number of aryl methyl sites for hydroxylation is 1. The summed E-state index contributed by atoms with van der Waals surface area (Å²) in [5, 5.41) is 7.73. The number of nitrogens with one attached hydrogen (secondary N) is 1. The van der Waals surface area contributed by atoms with Crippen LogP contribution < -0.4 is 5.32 Å². The molecule has 76 valence electrons. The second-order valence-electron chi connectivity index (χ2n) is 3.37. The van der Waals surface area contributed by atoms with Crippen LogP contribution in [0.15, 0.2) is 22.7 Å². The lowest BCUT2D eigenvalue weighted by Crippen LogP contribution is -2.35. The molecule has 0 spiro atoms. The maximum atomic E-state index is 11.8. The van der Waals surface area contributed by atoms with E-state index in [1.807, 2.05) is 18.2 Å². The van der Waals surface area contributed by atoms with Gasteiger partial charge in [0.15, 0.2) is 0 Å². The monoisotopic (exact) mass is 266 g/mol. The highest BCUT2D eigenvalue weighted by Crippen LogP contribution is 2.23. The van der Waals surface area contributed by atoms with Crippen molar-refractivity contribution in [2.75, 3.05) is 6.52 Å². The van der Waals surface area contributed by atoms with Crippen molar-refractivity contribution in [1.82, 2.24) is 15.1 Å². The topological polar surface area (TPSA) is 46.9 Å². The van der Waals surface area contributed by atoms with E-state index in [9.17, 15) is 4.79 Å². The van der Waals surface area contributed by atoms with Crippen molar-refractivity contribution in [2.24, 2.45) is 0 Å². The Morgan fingerprint density at radius 2 is 2.47 bits per heavy atom. The first kappa shape index (κ1) is 7.87. The van der Waals surface area contributed by atoms with Gasteiger partial charge in [0.05, 0.1) is 13.4 Å². The fraction of sp³-hybridized carbons (Fsp3) is 0.200. The third kappa shape index (κ3) is 1.26. The molecular formula is C10H8BrN3O. The van der Waals surface area contributed by atoms with Gasteiger partial charge in [-0.15, -0.1) is 0 Å². The molecule has 0 bridgehead atoms. The molecule has 1 aromatic heterocycles. The lowest BCUT2D eigenvalue weighted by Gasteiger charge is -2.13. The second kappa shape index (κ2) is 3.06. The molecule has 0 saturated carbocycles. The van der Waals surface area contributed by atoms with Gasteiger partial charge in [-0.25, -0.2) is 0 Å². The van der Waals surface area contributed by atoms with Crippen molar-refractivity contribution in [3.05, 3.63) is 28.4 Å². The van der Waals surface area contributed by atoms with Gasteiger partial charge in [0, 0.05) is 16.4 Å². The Labute approximate surface area is 95.8 Å². The Kier molecular flexibility index (Phi) is 1.61. The normalized spacial score (nSPS) is 21.0. The van der Waals surface area contributed by atoms with Crippen LogP contribution >= 0.6 is 15.9 Å². The number of halogens is 1. The van der Waals surface area contributed by atoms with E-state index >= 15 is 0 Å². The van der Waals surface area contributed by atoms with Crippen LogP contribution in [0.2, 0.25) is 0 Å². The van der Waals surface area contributed by atoms with E-state index in [0.717, 1.165) is 15.4 Å². The second-order valence-corrected chi connectivity index (χ2v) is 4.29. The molecule has 2 aromatic rings. The van der Waals surface area contributed by atoms with E-state index < -0.39 is 6.52 Å². The number of carbonyl (C=O) groups is 1. The quantitative estimate of drug-likeness (QED) is 0.787. The summed E-state index contributed by atoms with van der Waals surface area (Å²) in [6.07, 6.45) is 0. The number of hydrogen-bond donors (Lipinski definition) is 1. The van der Waals surface area contributed by atoms with Crippen molar-refractivity contribution >= 4 is 32.7 Å². The van der Waals surface area contributed by atoms with Gasteiger partial charge in [0.25, 0.3) is 5.91 Å². The molecule has 2 heterocycles. The Bertz CT molecular complexity index is 595. The van der Waals surface area contributed by atoms with Crippen LogP contribution in [0.4, 0.5) is 0 Å². The highest BCUT2D eigenvalue weighted by molar-refractivity contribution is 9.10. The molecule has 0 fully saturated rings. The minimum absolute atomic E-state index is 0.226. The largest absolute Gasteiger partial charge is 0.349 e. The van der Waals surface area contributed by atoms with Crippen LogP contribution in [0.25, 0.3) is 10.9 Å². The smallest absolute Gasteiger partial charge is 0.270 e. The van der Waals surface area contributed by atoms with Gasteiger partial charge in [-0.3, -0.25) is 9.48 Å². The summed E-state index contributed by atoms with van der Waals surface area (Å²) in [5.41, 5.74) is 1.32. The number of aromatic nitrogens is 2. The summed E-state index contributed by atoms with van der Waals surface area (Å²) in [6, 6.07) is 5.61. The number of hydrogen-bond acceptors (Lipinski definition) is 2. The van der Waals surface area contributed by atoms with E-state index in [1.165, 1.54) is 0 Å². The molecule has 0 radical (unpaired) electrons. The summed E-state index contributed by atoms with van der Waals surface area (Å²) >= 11 is 3.37. The van der Waals surface area contributed by atoms with Crippen molar-refractivity contribution in [3.63, 3.8) is 0 Å². The zero-order chi connectivity index (χ0) is 11.3. The van der Waals surface area contributed by atoms with E-state index in [-0.39, 0.29) is 5.91 Å². The highest BCUT2D eigenvalue weighted by atomic mass is 79.9. The highest BCUT2D eigenvalue weighted by Gasteiger charge is 2.21. The number of carbonyl (C=O) groups excluding carboxylic acids is 1. The van der Waals surface area contributed by atoms with Crippen molar-refractivity contribution < 1.29 is 6.17 Å². The van der Waals surface area contributed by atoms with E-state index in [4.69, 9.17) is 1.37 Å². The first-order chi connectivity index (χ1) is 7.65. The first-order valence-electron chi connectivity index (χ1n) is 5.12. The standard InChI is InChI=1S/C10H8BrN3O/c11-6-1-2-7-8(5-6)13-14-4-3-12-10(15)9(7)14/h1-2,5H,3-4H2,(H,12,15)/i3D. The van der Waals surface area contributed by atoms with Crippen LogP contribution in [0, 0.1) is 0 Å². The molecule has 1 N–H and O–H groups in total. The Hall–Kier alpha value is -1.36. The number of fused-ring (bicyclic) bond motifs is 3. The summed E-state index contributed by atoms with van der Waals surface area (Å²) in [7, 11) is 0. The third-order valence-electron chi connectivity index (χ3n) is 2.41. The predicted octanol–water partition coefficient (Wildman–Crippen LogP) is 1.54. The van der Waals surface area contributed by atoms with Gasteiger partial charge in [-0.1, -0.05) is 15.9 Å². The van der Waals surface area contributed by atoms with Crippen LogP contribution in [0.3, 0.4) is 0 Å². The summed E-state index contributed by atoms with van der Waals surface area (Å²) in [6.45, 7) is -0.217. The molecule has 15 heavy (non-hydrogen) atoms. The first-order valence-corrected chi connectivity index (χ1v) is 5.33. The molecule has 4 nitrogen and oxygen atoms in total. The number of benzene rings is 1. The summed E-state index contributed by atoms with van der Waals surface area (Å²) < 4.78 is 10.1. The van der Waals surface area contributed by atoms with Crippen molar-refractivity contribution in [2.45, 2.75) is 6.54 Å². The Morgan fingerprint density at radius 1 is 1.60 bits per heavy atom. The molecule has 1 atom stereocenters. The van der Waals surface area contributed by atoms with Gasteiger partial charge >= 0.3 is 0 Å². The number of rotatable bonds is 0. The van der Waals surface area contributed by atoms with Gasteiger partial charge < -0.3 is 5.32 Å². The van der Waals surface area contributed by atoms with Crippen molar-refractivity contribution in [3.8, 4) is 0 Å². The summed E-state index contributed by atoms with van der Waals surface area (Å²) in [5.74, 6) is -0.226. The van der Waals surface area contributed by atoms with Crippen LogP contribution in [0.5, 0.6) is 0 Å². The van der Waals surface area contributed by atoms with E-state index in [2.05, 4.69) is 26.3 Å². The van der Waals surface area contributed by atoms with Gasteiger partial charge in [-0.2, -0.15) is 5.10 Å². The third-order valence-corrected chi connectivity index (χ3v) is 2.91. The minimum Gasteiger partial charge on any atom is -0.349 e. The minimum atomic E-state index is -0.613. The van der Waals surface area contributed by atoms with E-state index in [1.54, 1.807) is 4.68 Å². The molecule has 3 rings (SSSR count). The SMILES string of the molecule is [2H]C1Cn2nc3cc(Br)ccc3c2C(=O)N1. The average Bonchev–Trinajstić information content (AvgIpc) is 2.54. The molecule has 0 saturated heterocycles. The van der Waals surface area contributed by atoms with Crippen LogP contribution in [-0.4, -0.2) is 22.2 Å². The average molecular weight is 267 g/mol. The maximum absolute atomic E-state index is 11.8. The zero-order valence-electron chi connectivity index (χ0n) is 8.70. The molecule has 1 aromatic carbocycles.